The van der Waals surface area contributed by atoms with E-state index in [0.717, 1.165) is 5.69 Å². The smallest absolute Gasteiger partial charge is 0.224 e. The predicted octanol–water partition coefficient (Wildman–Crippen LogP) is 1.34. The number of Topliss-reactive ketones (excluding diaryl/α,β-unsaturated/α-hetero) is 1. The molecular weight excluding hydrogens is 316 g/mol. The maximum Gasteiger partial charge on any atom is 0.224 e. The molecule has 1 atom stereocenters. The summed E-state index contributed by atoms with van der Waals surface area (Å²) < 4.78 is 23.0. The molecule has 1 aliphatic rings. The molecule has 1 fully saturated rings. The Morgan fingerprint density at radius 3 is 2.70 bits per heavy atom. The number of nitrogens with zero attached hydrogens (tertiary/aromatic N) is 1. The molecule has 0 radical (unpaired) electrons. The number of hydrogen-bond acceptors (Lipinski definition) is 5. The molecule has 2 rings (SSSR count). The minimum atomic E-state index is -2.99. The molecular formula is C16H22N2O4S. The van der Waals surface area contributed by atoms with Crippen molar-refractivity contribution in [3.05, 3.63) is 29.8 Å². The fraction of sp³-hybridized carbons (Fsp3) is 0.500. The number of carbonyl (C=O) groups excluding carboxylic acids is 2. The Balaban J connectivity index is 1.83. The molecule has 1 unspecified atom stereocenters. The third-order valence-corrected chi connectivity index (χ3v) is 5.84. The van der Waals surface area contributed by atoms with Gasteiger partial charge in [0.05, 0.1) is 11.5 Å². The third kappa shape index (κ3) is 4.79. The first-order valence-electron chi connectivity index (χ1n) is 7.59. The minimum absolute atomic E-state index is 0.00750. The molecule has 7 heteroatoms. The van der Waals surface area contributed by atoms with Gasteiger partial charge in [-0.05, 0) is 25.5 Å². The van der Waals surface area contributed by atoms with Crippen molar-refractivity contribution in [2.75, 3.05) is 30.4 Å². The van der Waals surface area contributed by atoms with Crippen molar-refractivity contribution in [1.82, 2.24) is 4.90 Å². The monoisotopic (exact) mass is 338 g/mol. The standard InChI is InChI=1S/C16H22N2O4S/c1-12(19)13-4-3-5-14(10-13)17-8-6-16(20)18(2)15-7-9-23(21,22)11-15/h3-5,10,15,17H,6-9,11H2,1-2H3. The molecule has 0 aliphatic carbocycles. The van der Waals surface area contributed by atoms with Crippen LogP contribution >= 0.6 is 0 Å². The Kier molecular flexibility index (Phi) is 5.41. The van der Waals surface area contributed by atoms with Gasteiger partial charge in [-0.15, -0.1) is 0 Å². The number of rotatable bonds is 6. The Hall–Kier alpha value is -1.89. The second-order valence-electron chi connectivity index (χ2n) is 5.88. The molecule has 0 aromatic heterocycles. The van der Waals surface area contributed by atoms with E-state index in [1.165, 1.54) is 11.8 Å². The zero-order valence-electron chi connectivity index (χ0n) is 13.4. The molecule has 0 saturated carbocycles. The van der Waals surface area contributed by atoms with Gasteiger partial charge in [0.15, 0.2) is 15.6 Å². The lowest BCUT2D eigenvalue weighted by atomic mass is 10.1. The highest BCUT2D eigenvalue weighted by atomic mass is 32.2. The van der Waals surface area contributed by atoms with Crippen LogP contribution in [-0.4, -0.2) is 56.1 Å². The fourth-order valence-electron chi connectivity index (χ4n) is 2.62. The topological polar surface area (TPSA) is 83.6 Å². The molecule has 23 heavy (non-hydrogen) atoms. The van der Waals surface area contributed by atoms with Crippen LogP contribution in [0.4, 0.5) is 5.69 Å². The van der Waals surface area contributed by atoms with Crippen LogP contribution in [0.2, 0.25) is 0 Å². The molecule has 1 aromatic rings. The van der Waals surface area contributed by atoms with Crippen molar-refractivity contribution in [3.63, 3.8) is 0 Å². The molecule has 126 valence electrons. The zero-order chi connectivity index (χ0) is 17.0. The van der Waals surface area contributed by atoms with E-state index in [1.807, 2.05) is 6.07 Å². The number of anilines is 1. The third-order valence-electron chi connectivity index (χ3n) is 4.09. The predicted molar refractivity (Wildman–Crippen MR) is 89.4 cm³/mol. The summed E-state index contributed by atoms with van der Waals surface area (Å²) in [6.07, 6.45) is 0.788. The summed E-state index contributed by atoms with van der Waals surface area (Å²) in [5.41, 5.74) is 1.41. The quantitative estimate of drug-likeness (QED) is 0.791. The van der Waals surface area contributed by atoms with Crippen molar-refractivity contribution in [2.24, 2.45) is 0 Å². The highest BCUT2D eigenvalue weighted by Gasteiger charge is 2.32. The highest BCUT2D eigenvalue weighted by molar-refractivity contribution is 7.91. The van der Waals surface area contributed by atoms with Gasteiger partial charge in [-0.2, -0.15) is 0 Å². The first-order valence-corrected chi connectivity index (χ1v) is 9.41. The molecule has 1 heterocycles. The Labute approximate surface area is 136 Å². The van der Waals surface area contributed by atoms with Gasteiger partial charge in [0.2, 0.25) is 5.91 Å². The van der Waals surface area contributed by atoms with Gasteiger partial charge in [-0.25, -0.2) is 8.42 Å². The summed E-state index contributed by atoms with van der Waals surface area (Å²) in [5.74, 6) is 0.128. The average molecular weight is 338 g/mol. The Bertz CT molecular complexity index is 700. The molecule has 6 nitrogen and oxygen atoms in total. The second kappa shape index (κ2) is 7.12. The second-order valence-corrected chi connectivity index (χ2v) is 8.10. The van der Waals surface area contributed by atoms with E-state index >= 15 is 0 Å². The van der Waals surface area contributed by atoms with Gasteiger partial charge >= 0.3 is 0 Å². The van der Waals surface area contributed by atoms with E-state index in [4.69, 9.17) is 0 Å². The van der Waals surface area contributed by atoms with Crippen LogP contribution in [0, 0.1) is 0 Å². The molecule has 1 saturated heterocycles. The summed E-state index contributed by atoms with van der Waals surface area (Å²) >= 11 is 0. The number of ketones is 1. The van der Waals surface area contributed by atoms with Gasteiger partial charge in [-0.1, -0.05) is 12.1 Å². The zero-order valence-corrected chi connectivity index (χ0v) is 14.2. The number of sulfone groups is 1. The molecule has 0 spiro atoms. The maximum atomic E-state index is 12.1. The number of amides is 1. The number of hydrogen-bond donors (Lipinski definition) is 1. The summed E-state index contributed by atoms with van der Waals surface area (Å²) in [7, 11) is -1.33. The normalized spacial score (nSPS) is 19.3. The van der Waals surface area contributed by atoms with Crippen LogP contribution in [0.5, 0.6) is 0 Å². The molecule has 0 bridgehead atoms. The van der Waals surface area contributed by atoms with Crippen molar-refractivity contribution in [1.29, 1.82) is 0 Å². The first-order chi connectivity index (χ1) is 10.8. The molecule has 1 aliphatic heterocycles. The van der Waals surface area contributed by atoms with E-state index in [9.17, 15) is 18.0 Å². The lowest BCUT2D eigenvalue weighted by molar-refractivity contribution is -0.131. The van der Waals surface area contributed by atoms with Crippen LogP contribution < -0.4 is 5.32 Å². The van der Waals surface area contributed by atoms with E-state index in [1.54, 1.807) is 25.2 Å². The van der Waals surface area contributed by atoms with Crippen molar-refractivity contribution in [2.45, 2.75) is 25.8 Å². The molecule has 1 amide bonds. The van der Waals surface area contributed by atoms with E-state index in [2.05, 4.69) is 5.32 Å². The van der Waals surface area contributed by atoms with Gasteiger partial charge in [-0.3, -0.25) is 9.59 Å². The van der Waals surface area contributed by atoms with Gasteiger partial charge in [0, 0.05) is 37.3 Å². The van der Waals surface area contributed by atoms with Crippen molar-refractivity contribution < 1.29 is 18.0 Å². The Morgan fingerprint density at radius 1 is 1.35 bits per heavy atom. The minimum Gasteiger partial charge on any atom is -0.385 e. The lowest BCUT2D eigenvalue weighted by Crippen LogP contribution is -2.38. The van der Waals surface area contributed by atoms with Crippen molar-refractivity contribution in [3.8, 4) is 0 Å². The van der Waals surface area contributed by atoms with Crippen LogP contribution in [0.3, 0.4) is 0 Å². The SMILES string of the molecule is CC(=O)c1cccc(NCCC(=O)N(C)C2CCS(=O)(=O)C2)c1. The first kappa shape index (κ1) is 17.5. The average Bonchev–Trinajstić information content (AvgIpc) is 2.86. The van der Waals surface area contributed by atoms with Gasteiger partial charge in [0.1, 0.15) is 0 Å². The van der Waals surface area contributed by atoms with Crippen LogP contribution in [0.15, 0.2) is 24.3 Å². The van der Waals surface area contributed by atoms with Crippen molar-refractivity contribution >= 4 is 27.2 Å². The number of nitrogens with one attached hydrogen (secondary N) is 1. The largest absolute Gasteiger partial charge is 0.385 e. The fourth-order valence-corrected chi connectivity index (χ4v) is 4.40. The van der Waals surface area contributed by atoms with Crippen LogP contribution in [-0.2, 0) is 14.6 Å². The van der Waals surface area contributed by atoms with Gasteiger partial charge < -0.3 is 10.2 Å². The summed E-state index contributed by atoms with van der Waals surface area (Å²) in [5, 5.41) is 3.11. The van der Waals surface area contributed by atoms with Crippen LogP contribution in [0.1, 0.15) is 30.1 Å². The van der Waals surface area contributed by atoms with E-state index in [0.29, 0.717) is 18.5 Å². The number of carbonyl (C=O) groups is 2. The summed E-state index contributed by atoms with van der Waals surface area (Å²) in [6, 6.07) is 6.90. The van der Waals surface area contributed by atoms with Gasteiger partial charge in [0.25, 0.3) is 0 Å². The van der Waals surface area contributed by atoms with E-state index in [-0.39, 0.29) is 35.7 Å². The molecule has 1 N–H and O–H groups in total. The Morgan fingerprint density at radius 2 is 2.09 bits per heavy atom. The van der Waals surface area contributed by atoms with E-state index < -0.39 is 9.84 Å². The molecule has 1 aromatic carbocycles. The summed E-state index contributed by atoms with van der Waals surface area (Å²) in [4.78, 5) is 25.0. The van der Waals surface area contributed by atoms with Crippen LogP contribution in [0.25, 0.3) is 0 Å². The number of benzene rings is 1. The summed E-state index contributed by atoms with van der Waals surface area (Å²) in [6.45, 7) is 1.94. The lowest BCUT2D eigenvalue weighted by Gasteiger charge is -2.23. The highest BCUT2D eigenvalue weighted by Crippen LogP contribution is 2.17. The maximum absolute atomic E-state index is 12.1.